The number of carbonyl (C=O) groups excluding carboxylic acids is 1. The van der Waals surface area contributed by atoms with Crippen molar-refractivity contribution in [3.8, 4) is 5.75 Å². The van der Waals surface area contributed by atoms with Gasteiger partial charge in [0.2, 0.25) is 0 Å². The van der Waals surface area contributed by atoms with Crippen molar-refractivity contribution in [1.82, 2.24) is 9.80 Å². The van der Waals surface area contributed by atoms with Crippen LogP contribution in [0.3, 0.4) is 0 Å². The molecule has 0 bridgehead atoms. The van der Waals surface area contributed by atoms with E-state index in [2.05, 4.69) is 10.2 Å². The number of hydrogen-bond acceptors (Lipinski definition) is 3. The normalized spacial score (nSPS) is 19.6. The SMILES string of the molecule is CCOc1ccc(NC(=O)N2CC(N3CCCCC3)C2)cc1. The number of amides is 2. The Hall–Kier alpha value is -1.75. The minimum Gasteiger partial charge on any atom is -0.494 e. The van der Waals surface area contributed by atoms with Gasteiger partial charge in [-0.25, -0.2) is 4.79 Å². The number of hydrogen-bond donors (Lipinski definition) is 1. The lowest BCUT2D eigenvalue weighted by atomic mass is 10.0. The summed E-state index contributed by atoms with van der Waals surface area (Å²) in [6.45, 7) is 6.69. The van der Waals surface area contributed by atoms with Crippen LogP contribution in [0.5, 0.6) is 5.75 Å². The third-order valence-electron chi connectivity index (χ3n) is 4.47. The third kappa shape index (κ3) is 3.53. The van der Waals surface area contributed by atoms with Crippen LogP contribution in [0, 0.1) is 0 Å². The lowest BCUT2D eigenvalue weighted by Crippen LogP contribution is -2.62. The minimum absolute atomic E-state index is 0.00239. The van der Waals surface area contributed by atoms with E-state index in [0.29, 0.717) is 12.6 Å². The second-order valence-corrected chi connectivity index (χ2v) is 6.04. The fourth-order valence-corrected chi connectivity index (χ4v) is 3.14. The molecule has 3 rings (SSSR count). The summed E-state index contributed by atoms with van der Waals surface area (Å²) in [4.78, 5) is 16.6. The van der Waals surface area contributed by atoms with Crippen molar-refractivity contribution in [3.63, 3.8) is 0 Å². The van der Waals surface area contributed by atoms with Gasteiger partial charge in [-0.3, -0.25) is 4.90 Å². The van der Waals surface area contributed by atoms with Gasteiger partial charge in [-0.05, 0) is 57.1 Å². The molecule has 2 amide bonds. The zero-order valence-corrected chi connectivity index (χ0v) is 13.3. The Morgan fingerprint density at radius 3 is 2.50 bits per heavy atom. The topological polar surface area (TPSA) is 44.8 Å². The van der Waals surface area contributed by atoms with Gasteiger partial charge < -0.3 is 15.0 Å². The van der Waals surface area contributed by atoms with Crippen molar-refractivity contribution in [2.24, 2.45) is 0 Å². The van der Waals surface area contributed by atoms with Crippen molar-refractivity contribution in [2.75, 3.05) is 38.1 Å². The molecule has 120 valence electrons. The van der Waals surface area contributed by atoms with E-state index in [1.54, 1.807) is 0 Å². The Morgan fingerprint density at radius 2 is 1.86 bits per heavy atom. The van der Waals surface area contributed by atoms with E-state index in [0.717, 1.165) is 24.5 Å². The molecule has 0 atom stereocenters. The molecule has 0 aliphatic carbocycles. The summed E-state index contributed by atoms with van der Waals surface area (Å²) in [6.07, 6.45) is 3.95. The van der Waals surface area contributed by atoms with Crippen molar-refractivity contribution < 1.29 is 9.53 Å². The van der Waals surface area contributed by atoms with Crippen LogP contribution in [0.25, 0.3) is 0 Å². The number of nitrogens with zero attached hydrogens (tertiary/aromatic N) is 2. The summed E-state index contributed by atoms with van der Waals surface area (Å²) in [5.74, 6) is 0.828. The largest absolute Gasteiger partial charge is 0.494 e. The molecule has 2 fully saturated rings. The standard InChI is InChI=1S/C17H25N3O2/c1-2-22-16-8-6-14(7-9-16)18-17(21)20-12-15(13-20)19-10-4-3-5-11-19/h6-9,15H,2-5,10-13H2,1H3,(H,18,21). The number of rotatable bonds is 4. The second-order valence-electron chi connectivity index (χ2n) is 6.04. The van der Waals surface area contributed by atoms with Gasteiger partial charge in [-0.2, -0.15) is 0 Å². The Bertz CT molecular complexity index is 491. The van der Waals surface area contributed by atoms with Crippen molar-refractivity contribution >= 4 is 11.7 Å². The van der Waals surface area contributed by atoms with E-state index in [1.807, 2.05) is 36.1 Å². The van der Waals surface area contributed by atoms with Gasteiger partial charge in [0.15, 0.2) is 0 Å². The van der Waals surface area contributed by atoms with Gasteiger partial charge in [-0.15, -0.1) is 0 Å². The van der Waals surface area contributed by atoms with Crippen LogP contribution in [0.1, 0.15) is 26.2 Å². The maximum absolute atomic E-state index is 12.2. The van der Waals surface area contributed by atoms with E-state index in [9.17, 15) is 4.79 Å². The van der Waals surface area contributed by atoms with Crippen LogP contribution in [0.2, 0.25) is 0 Å². The summed E-state index contributed by atoms with van der Waals surface area (Å²) in [6, 6.07) is 8.08. The number of nitrogens with one attached hydrogen (secondary N) is 1. The number of piperidine rings is 1. The molecule has 0 radical (unpaired) electrons. The van der Waals surface area contributed by atoms with E-state index < -0.39 is 0 Å². The van der Waals surface area contributed by atoms with Crippen LogP contribution in [-0.4, -0.2) is 54.7 Å². The Balaban J connectivity index is 1.45. The lowest BCUT2D eigenvalue weighted by Gasteiger charge is -2.46. The van der Waals surface area contributed by atoms with Crippen molar-refractivity contribution in [2.45, 2.75) is 32.2 Å². The molecule has 0 saturated carbocycles. The van der Waals surface area contributed by atoms with Crippen LogP contribution >= 0.6 is 0 Å². The zero-order valence-electron chi connectivity index (χ0n) is 13.3. The highest BCUT2D eigenvalue weighted by atomic mass is 16.5. The van der Waals surface area contributed by atoms with Crippen LogP contribution < -0.4 is 10.1 Å². The second kappa shape index (κ2) is 7.01. The maximum atomic E-state index is 12.2. The minimum atomic E-state index is -0.00239. The summed E-state index contributed by atoms with van der Waals surface area (Å²) in [7, 11) is 0. The van der Waals surface area contributed by atoms with Gasteiger partial charge in [0, 0.05) is 24.8 Å². The van der Waals surface area contributed by atoms with E-state index in [-0.39, 0.29) is 6.03 Å². The van der Waals surface area contributed by atoms with E-state index in [1.165, 1.54) is 32.4 Å². The molecule has 2 saturated heterocycles. The monoisotopic (exact) mass is 303 g/mol. The summed E-state index contributed by atoms with van der Waals surface area (Å²) >= 11 is 0. The predicted octanol–water partition coefficient (Wildman–Crippen LogP) is 2.79. The van der Waals surface area contributed by atoms with Crippen molar-refractivity contribution in [3.05, 3.63) is 24.3 Å². The number of urea groups is 1. The lowest BCUT2D eigenvalue weighted by molar-refractivity contribution is 0.0493. The molecule has 2 heterocycles. The molecule has 2 aliphatic heterocycles. The van der Waals surface area contributed by atoms with Crippen LogP contribution in [-0.2, 0) is 0 Å². The smallest absolute Gasteiger partial charge is 0.321 e. The van der Waals surface area contributed by atoms with Crippen LogP contribution in [0.4, 0.5) is 10.5 Å². The number of benzene rings is 1. The first-order chi connectivity index (χ1) is 10.8. The molecule has 5 nitrogen and oxygen atoms in total. The third-order valence-corrected chi connectivity index (χ3v) is 4.47. The molecule has 0 aromatic heterocycles. The number of anilines is 1. The highest BCUT2D eigenvalue weighted by Crippen LogP contribution is 2.21. The van der Waals surface area contributed by atoms with Gasteiger partial charge >= 0.3 is 6.03 Å². The molecule has 1 aromatic rings. The molecule has 1 aromatic carbocycles. The maximum Gasteiger partial charge on any atom is 0.321 e. The number of carbonyl (C=O) groups is 1. The molecule has 22 heavy (non-hydrogen) atoms. The summed E-state index contributed by atoms with van der Waals surface area (Å²) in [5, 5.41) is 2.95. The first-order valence-electron chi connectivity index (χ1n) is 8.29. The Kier molecular flexibility index (Phi) is 4.83. The molecular weight excluding hydrogens is 278 g/mol. The fraction of sp³-hybridized carbons (Fsp3) is 0.588. The number of ether oxygens (including phenoxy) is 1. The average Bonchev–Trinajstić information content (AvgIpc) is 2.49. The molecule has 0 unspecified atom stereocenters. The molecule has 2 aliphatic rings. The predicted molar refractivity (Wildman–Crippen MR) is 87.4 cm³/mol. The molecular formula is C17H25N3O2. The first kappa shape index (κ1) is 15.2. The molecule has 5 heteroatoms. The van der Waals surface area contributed by atoms with Crippen LogP contribution in [0.15, 0.2) is 24.3 Å². The van der Waals surface area contributed by atoms with Gasteiger partial charge in [-0.1, -0.05) is 6.42 Å². The summed E-state index contributed by atoms with van der Waals surface area (Å²) < 4.78 is 5.40. The zero-order chi connectivity index (χ0) is 15.4. The van der Waals surface area contributed by atoms with E-state index in [4.69, 9.17) is 4.74 Å². The molecule has 1 N–H and O–H groups in total. The van der Waals surface area contributed by atoms with Crippen molar-refractivity contribution in [1.29, 1.82) is 0 Å². The van der Waals surface area contributed by atoms with Gasteiger partial charge in [0.25, 0.3) is 0 Å². The summed E-state index contributed by atoms with van der Waals surface area (Å²) in [5.41, 5.74) is 0.815. The quantitative estimate of drug-likeness (QED) is 0.930. The Morgan fingerprint density at radius 1 is 1.18 bits per heavy atom. The fourth-order valence-electron chi connectivity index (χ4n) is 3.14. The number of likely N-dealkylation sites (tertiary alicyclic amines) is 2. The highest BCUT2D eigenvalue weighted by molar-refractivity contribution is 5.90. The first-order valence-corrected chi connectivity index (χ1v) is 8.29. The van der Waals surface area contributed by atoms with E-state index >= 15 is 0 Å². The molecule has 0 spiro atoms. The average molecular weight is 303 g/mol. The Labute approximate surface area is 132 Å². The highest BCUT2D eigenvalue weighted by Gasteiger charge is 2.35. The van der Waals surface area contributed by atoms with Gasteiger partial charge in [0.05, 0.1) is 6.61 Å². The van der Waals surface area contributed by atoms with Gasteiger partial charge in [0.1, 0.15) is 5.75 Å².